The van der Waals surface area contributed by atoms with E-state index in [1.54, 1.807) is 88.5 Å². The molecular formula is C91H152N30O15. The Morgan fingerprint density at radius 3 is 1.09 bits per heavy atom. The molecule has 14 amide bonds. The number of carbonyl (C=O) groups is 14. The highest BCUT2D eigenvalue weighted by atomic mass is 16.5. The number of hydrogen-bond acceptors (Lipinski definition) is 22. The molecule has 756 valence electrons. The van der Waals surface area contributed by atoms with Gasteiger partial charge in [-0.15, -0.1) is 0 Å². The van der Waals surface area contributed by atoms with E-state index in [0.717, 1.165) is 0 Å². The van der Waals surface area contributed by atoms with Crippen LogP contribution < -0.4 is 125 Å². The minimum Gasteiger partial charge on any atom is -0.371 e. The Bertz CT molecular complexity index is 4460. The van der Waals surface area contributed by atoms with E-state index in [0.29, 0.717) is 54.1 Å². The number of guanidine groups is 4. The largest absolute Gasteiger partial charge is 0.371 e. The molecule has 45 heteroatoms. The fourth-order valence-corrected chi connectivity index (χ4v) is 16.6. The van der Waals surface area contributed by atoms with Crippen LogP contribution in [-0.2, 0) is 84.9 Å². The van der Waals surface area contributed by atoms with Crippen molar-refractivity contribution in [1.82, 2.24) is 99.9 Å². The van der Waals surface area contributed by atoms with Gasteiger partial charge in [-0.2, -0.15) is 0 Å². The molecule has 0 bridgehead atoms. The van der Waals surface area contributed by atoms with Gasteiger partial charge < -0.3 is 145 Å². The molecule has 0 radical (unpaired) electrons. The molecule has 3 aliphatic heterocycles. The zero-order valence-corrected chi connectivity index (χ0v) is 79.8. The summed E-state index contributed by atoms with van der Waals surface area (Å²) in [5.41, 5.74) is 42.6. The zero-order chi connectivity index (χ0) is 100. The van der Waals surface area contributed by atoms with Gasteiger partial charge in [0.05, 0.1) is 12.7 Å². The third-order valence-corrected chi connectivity index (χ3v) is 23.9. The second kappa shape index (κ2) is 58.7. The molecule has 3 aromatic rings. The third-order valence-electron chi connectivity index (χ3n) is 23.9. The van der Waals surface area contributed by atoms with Crippen LogP contribution in [0.1, 0.15) is 207 Å². The maximum Gasteiger partial charge on any atom is 0.246 e. The number of amides is 14. The molecule has 1 aromatic heterocycles. The predicted octanol–water partition coefficient (Wildman–Crippen LogP) is -2.68. The van der Waals surface area contributed by atoms with Crippen LogP contribution in [-0.4, -0.2) is 271 Å². The second-order valence-corrected chi connectivity index (χ2v) is 36.3. The fraction of sp³-hybridized carbons (Fsp3) is 0.648. The molecule has 4 heterocycles. The first-order valence-electron chi connectivity index (χ1n) is 47.7. The Morgan fingerprint density at radius 2 is 0.699 bits per heavy atom. The average molecular weight is 1910 g/mol. The molecule has 3 aliphatic rings. The van der Waals surface area contributed by atoms with Gasteiger partial charge in [-0.05, 0) is 209 Å². The van der Waals surface area contributed by atoms with Crippen LogP contribution >= 0.6 is 0 Å². The maximum absolute atomic E-state index is 15.7. The van der Waals surface area contributed by atoms with Crippen LogP contribution in [0.5, 0.6) is 0 Å². The summed E-state index contributed by atoms with van der Waals surface area (Å²) in [7, 11) is 0. The van der Waals surface area contributed by atoms with E-state index >= 15 is 57.5 Å². The van der Waals surface area contributed by atoms with E-state index < -0.39 is 197 Å². The Labute approximate surface area is 795 Å². The number of aromatic nitrogens is 1. The van der Waals surface area contributed by atoms with E-state index in [-0.39, 0.29) is 205 Å². The summed E-state index contributed by atoms with van der Waals surface area (Å²) in [5, 5.41) is 76.7. The number of fused-ring (bicyclic) bond motifs is 3. The Morgan fingerprint density at radius 1 is 0.375 bits per heavy atom. The molecule has 136 heavy (non-hydrogen) atoms. The van der Waals surface area contributed by atoms with E-state index in [1.807, 2.05) is 13.8 Å². The van der Waals surface area contributed by atoms with Gasteiger partial charge in [-0.25, -0.2) is 0 Å². The minimum absolute atomic E-state index is 0.000284. The highest BCUT2D eigenvalue weighted by Crippen LogP contribution is 2.28. The highest BCUT2D eigenvalue weighted by molar-refractivity contribution is 6.02. The number of nitrogens with one attached hydrogen (secondary N) is 21. The van der Waals surface area contributed by atoms with Crippen LogP contribution in [0.4, 0.5) is 0 Å². The lowest BCUT2D eigenvalue weighted by atomic mass is 9.99. The van der Waals surface area contributed by atoms with Gasteiger partial charge >= 0.3 is 0 Å². The molecular weight excluding hydrogens is 1750 g/mol. The molecule has 45 nitrogen and oxygen atoms in total. The van der Waals surface area contributed by atoms with E-state index in [1.165, 1.54) is 16.7 Å². The third kappa shape index (κ3) is 38.0. The molecule has 0 aliphatic carbocycles. The minimum atomic E-state index is -1.69. The summed E-state index contributed by atoms with van der Waals surface area (Å²) in [4.78, 5) is 220. The number of para-hydroxylation sites is 1. The maximum atomic E-state index is 15.7. The molecule has 3 saturated heterocycles. The van der Waals surface area contributed by atoms with E-state index in [2.05, 4.69) is 90.1 Å². The molecule has 0 spiro atoms. The van der Waals surface area contributed by atoms with Crippen LogP contribution in [0.3, 0.4) is 0 Å². The first-order chi connectivity index (χ1) is 64.8. The Kier molecular flexibility index (Phi) is 48.4. The molecule has 3 fully saturated rings. The van der Waals surface area contributed by atoms with Gasteiger partial charge in [0.2, 0.25) is 82.7 Å². The SMILES string of the molecule is CC(C)C[C@@H]1NC(=O)[C@H](CCCNC(=N)N)NC(=O)[C@H](CC(C)C)NC(=O)[C@@H]2CCCN2C(=O)[C@H]2CCCN2C(=O)[C@H](C(C)C)NC(=O)[C@H](CCCNC(=N)N)NC(=O)[C@H]([C@@H](C)OCc2ccccc2)NC(=O)[C@H](CCCCN)NC(=O)[C@H](Cc2c[nH]c3ccccc23)NC(=O)[C@H](CCCNC(=N)N)NC(=O)[C@H](CCCNC(=N)N)NC(=O)[C@H](CCCCN)NC(=O)[C@H](CCCCN)NC1=O. The number of rotatable bonds is 39. The monoisotopic (exact) mass is 1910 g/mol. The van der Waals surface area contributed by atoms with Gasteiger partial charge in [0.25, 0.3) is 0 Å². The van der Waals surface area contributed by atoms with Gasteiger partial charge in [0.1, 0.15) is 84.6 Å². The van der Waals surface area contributed by atoms with Crippen molar-refractivity contribution < 1.29 is 71.9 Å². The summed E-state index contributed by atoms with van der Waals surface area (Å²) in [5.74, 6) is -14.6. The first kappa shape index (κ1) is 112. The van der Waals surface area contributed by atoms with Crippen molar-refractivity contribution in [3.05, 3.63) is 71.9 Å². The topological polar surface area (TPSA) is 740 Å². The lowest BCUT2D eigenvalue weighted by Gasteiger charge is -2.35. The standard InChI is InChI=1S/C91H152N30O15/c1-52(2)47-67-81(129)111-61(30-14-17-39-93)75(123)108-60(29-13-16-38-92)74(122)109-63(32-19-41-103-88(95)96)76(124)110-64(33-20-42-104-89(97)98)78(126)116-69(49-57-50-107-59-28-12-11-27-58(57)59)83(131)112-62(31-15-18-40-94)80(128)119-73(55(7)136-51-56-25-9-8-10-26-56)85(133)114-66(35-22-44-106-91(101)102)79(127)118-72(54(5)6)87(135)121-46-24-37-71(121)86(134)120-45-23-36-70(120)84(132)117-68(48-53(3)4)82(130)113-65(77(125)115-67)34-21-43-105-90(99)100/h8-12,25-28,50,52-55,60-73,107H,13-24,29-49,51,92-94H2,1-7H3,(H,108,123)(H,109,122)(H,110,124)(H,111,129)(H,112,131)(H,113,130)(H,114,133)(H,115,125)(H,116,126)(H,117,132)(H,118,127)(H,119,128)(H4,95,96,103)(H4,97,98,104)(H4,99,100,105)(H4,101,102,106)/t55-,60+,61+,62+,63+,64+,65+,66+,67+,68+,69+,70+,71-,72+,73+/m1/s1. The van der Waals surface area contributed by atoms with Crippen molar-refractivity contribution in [2.24, 2.45) is 57.9 Å². The highest BCUT2D eigenvalue weighted by Gasteiger charge is 2.47. The fourth-order valence-electron chi connectivity index (χ4n) is 16.6. The van der Waals surface area contributed by atoms with Gasteiger partial charge in [-0.1, -0.05) is 90.1 Å². The van der Waals surface area contributed by atoms with Crippen LogP contribution in [0.15, 0.2) is 60.8 Å². The van der Waals surface area contributed by atoms with E-state index in [4.69, 9.17) is 66.5 Å². The number of nitrogens with zero attached hydrogens (tertiary/aromatic N) is 2. The smallest absolute Gasteiger partial charge is 0.246 e. The van der Waals surface area contributed by atoms with Crippen molar-refractivity contribution in [2.75, 3.05) is 58.9 Å². The van der Waals surface area contributed by atoms with Gasteiger partial charge in [0, 0.05) is 62.8 Å². The van der Waals surface area contributed by atoms with Crippen molar-refractivity contribution in [3.63, 3.8) is 0 Å². The van der Waals surface area contributed by atoms with Crippen LogP contribution in [0, 0.1) is 39.4 Å². The summed E-state index contributed by atoms with van der Waals surface area (Å²) in [6, 6.07) is -4.12. The summed E-state index contributed by atoms with van der Waals surface area (Å²) < 4.78 is 6.37. The number of H-pyrrole nitrogens is 1. The van der Waals surface area contributed by atoms with Gasteiger partial charge in [0.15, 0.2) is 23.8 Å². The van der Waals surface area contributed by atoms with Crippen molar-refractivity contribution in [1.29, 1.82) is 21.6 Å². The number of ether oxygens (including phenoxy) is 1. The number of hydrogen-bond donors (Lipinski definition) is 28. The number of nitrogens with two attached hydrogens (primary N) is 7. The van der Waals surface area contributed by atoms with E-state index in [9.17, 15) is 9.59 Å². The molecule has 0 unspecified atom stereocenters. The molecule has 15 atom stereocenters. The molecule has 6 rings (SSSR count). The summed E-state index contributed by atoms with van der Waals surface area (Å²) >= 11 is 0. The average Bonchev–Trinajstić information content (AvgIpc) is 1.64. The molecule has 0 saturated carbocycles. The van der Waals surface area contributed by atoms with Crippen LogP contribution in [0.25, 0.3) is 10.9 Å². The first-order valence-corrected chi connectivity index (χ1v) is 47.7. The zero-order valence-electron chi connectivity index (χ0n) is 79.8. The normalized spacial score (nSPS) is 23.9. The van der Waals surface area contributed by atoms with Crippen molar-refractivity contribution in [3.8, 4) is 0 Å². The van der Waals surface area contributed by atoms with Crippen molar-refractivity contribution in [2.45, 2.75) is 300 Å². The van der Waals surface area contributed by atoms with Crippen molar-refractivity contribution >= 4 is 117 Å². The van der Waals surface area contributed by atoms with Crippen LogP contribution in [0.2, 0.25) is 0 Å². The Balaban J connectivity index is 1.54. The number of aromatic amines is 1. The summed E-state index contributed by atoms with van der Waals surface area (Å²) in [6.07, 6.45) is 2.29. The Hall–Kier alpha value is -12.5. The number of benzene rings is 2. The lowest BCUT2D eigenvalue weighted by molar-refractivity contribution is -0.148. The molecule has 2 aromatic carbocycles. The second-order valence-electron chi connectivity index (χ2n) is 36.3. The quantitative estimate of drug-likeness (QED) is 0.0157. The number of carbonyl (C=O) groups excluding carboxylic acids is 14. The predicted molar refractivity (Wildman–Crippen MR) is 514 cm³/mol. The molecule has 35 N–H and O–H groups in total. The summed E-state index contributed by atoms with van der Waals surface area (Å²) in [6.45, 7) is 12.7. The number of unbranched alkanes of at least 4 members (excludes halogenated alkanes) is 3. The lowest BCUT2D eigenvalue weighted by Crippen LogP contribution is -2.63. The van der Waals surface area contributed by atoms with Gasteiger partial charge in [-0.3, -0.25) is 88.8 Å².